The van der Waals surface area contributed by atoms with Gasteiger partial charge in [-0.2, -0.15) is 0 Å². The molecule has 20 heavy (non-hydrogen) atoms. The van der Waals surface area contributed by atoms with Crippen LogP contribution in [0.1, 0.15) is 33.5 Å². The second kappa shape index (κ2) is 5.88. The maximum Gasteiger partial charge on any atom is 0.373 e. The normalized spacial score (nSPS) is 12.2. The molecule has 0 saturated carbocycles. The van der Waals surface area contributed by atoms with E-state index in [2.05, 4.69) is 10.1 Å². The lowest BCUT2D eigenvalue weighted by Crippen LogP contribution is -2.18. The highest BCUT2D eigenvalue weighted by atomic mass is 19.1. The topological polar surface area (TPSA) is 51.5 Å². The van der Waals surface area contributed by atoms with Gasteiger partial charge < -0.3 is 14.5 Å². The summed E-state index contributed by atoms with van der Waals surface area (Å²) < 4.78 is 24.0. The molecule has 0 aliphatic rings. The molecule has 0 amide bonds. The summed E-state index contributed by atoms with van der Waals surface area (Å²) in [6.45, 7) is 1.82. The number of furan rings is 1. The van der Waals surface area contributed by atoms with Crippen LogP contribution in [0.2, 0.25) is 0 Å². The molecule has 1 heterocycles. The predicted molar refractivity (Wildman–Crippen MR) is 72.1 cm³/mol. The third-order valence-corrected chi connectivity index (χ3v) is 3.05. The number of nitrogens with one attached hydrogen (secondary N) is 1. The highest BCUT2D eigenvalue weighted by Crippen LogP contribution is 2.26. The number of benzene rings is 1. The van der Waals surface area contributed by atoms with Crippen LogP contribution in [0.15, 0.2) is 34.7 Å². The number of carbonyl (C=O) groups excluding carboxylic acids is 1. The number of rotatable bonds is 4. The van der Waals surface area contributed by atoms with Gasteiger partial charge in [0.05, 0.1) is 13.2 Å². The van der Waals surface area contributed by atoms with Gasteiger partial charge in [-0.3, -0.25) is 0 Å². The third kappa shape index (κ3) is 2.72. The Balaban J connectivity index is 2.37. The second-order valence-corrected chi connectivity index (χ2v) is 4.44. The van der Waals surface area contributed by atoms with Crippen LogP contribution < -0.4 is 5.32 Å². The SMILES string of the molecule is CNC(c1ccc(C(=O)OC)o1)c1ccc(C)cc1F. The summed E-state index contributed by atoms with van der Waals surface area (Å²) in [5, 5.41) is 2.98. The molecule has 0 fully saturated rings. The van der Waals surface area contributed by atoms with Gasteiger partial charge in [0, 0.05) is 5.56 Å². The largest absolute Gasteiger partial charge is 0.463 e. The quantitative estimate of drug-likeness (QED) is 0.873. The van der Waals surface area contributed by atoms with Gasteiger partial charge >= 0.3 is 5.97 Å². The highest BCUT2D eigenvalue weighted by Gasteiger charge is 2.21. The van der Waals surface area contributed by atoms with Crippen LogP contribution in [0, 0.1) is 12.7 Å². The molecule has 2 aromatic rings. The van der Waals surface area contributed by atoms with Crippen molar-refractivity contribution in [3.8, 4) is 0 Å². The molecule has 106 valence electrons. The first-order valence-electron chi connectivity index (χ1n) is 6.18. The van der Waals surface area contributed by atoms with E-state index >= 15 is 0 Å². The van der Waals surface area contributed by atoms with E-state index in [1.165, 1.54) is 19.2 Å². The molecular weight excluding hydrogens is 261 g/mol. The average molecular weight is 277 g/mol. The molecule has 0 aliphatic heterocycles. The molecule has 1 unspecified atom stereocenters. The maximum atomic E-state index is 14.0. The molecule has 2 rings (SSSR count). The molecule has 0 spiro atoms. The molecule has 1 N–H and O–H groups in total. The third-order valence-electron chi connectivity index (χ3n) is 3.05. The number of carbonyl (C=O) groups is 1. The molecule has 0 aliphatic carbocycles. The molecule has 4 nitrogen and oxygen atoms in total. The van der Waals surface area contributed by atoms with Gasteiger partial charge in [-0.05, 0) is 37.7 Å². The zero-order valence-corrected chi connectivity index (χ0v) is 11.6. The van der Waals surface area contributed by atoms with Gasteiger partial charge in [0.25, 0.3) is 0 Å². The fourth-order valence-corrected chi connectivity index (χ4v) is 2.04. The van der Waals surface area contributed by atoms with E-state index in [0.717, 1.165) is 5.56 Å². The second-order valence-electron chi connectivity index (χ2n) is 4.44. The Morgan fingerprint density at radius 1 is 1.35 bits per heavy atom. The van der Waals surface area contributed by atoms with Crippen LogP contribution in [-0.2, 0) is 4.74 Å². The monoisotopic (exact) mass is 277 g/mol. The Hall–Kier alpha value is -2.14. The zero-order chi connectivity index (χ0) is 14.7. The lowest BCUT2D eigenvalue weighted by molar-refractivity contribution is 0.0562. The van der Waals surface area contributed by atoms with E-state index in [-0.39, 0.29) is 11.6 Å². The lowest BCUT2D eigenvalue weighted by Gasteiger charge is -2.15. The van der Waals surface area contributed by atoms with Crippen molar-refractivity contribution in [2.75, 3.05) is 14.2 Å². The van der Waals surface area contributed by atoms with Crippen molar-refractivity contribution in [2.45, 2.75) is 13.0 Å². The van der Waals surface area contributed by atoms with Crippen molar-refractivity contribution in [1.29, 1.82) is 0 Å². The van der Waals surface area contributed by atoms with Gasteiger partial charge in [0.1, 0.15) is 11.6 Å². The summed E-state index contributed by atoms with van der Waals surface area (Å²) in [4.78, 5) is 11.4. The number of halogens is 1. The molecule has 0 radical (unpaired) electrons. The van der Waals surface area contributed by atoms with E-state index in [4.69, 9.17) is 4.42 Å². The van der Waals surface area contributed by atoms with Crippen molar-refractivity contribution in [3.05, 3.63) is 58.8 Å². The van der Waals surface area contributed by atoms with Crippen LogP contribution in [-0.4, -0.2) is 20.1 Å². The van der Waals surface area contributed by atoms with Crippen molar-refractivity contribution >= 4 is 5.97 Å². The van der Waals surface area contributed by atoms with E-state index in [9.17, 15) is 9.18 Å². The Morgan fingerprint density at radius 2 is 2.10 bits per heavy atom. The Morgan fingerprint density at radius 3 is 2.70 bits per heavy atom. The minimum absolute atomic E-state index is 0.0928. The van der Waals surface area contributed by atoms with Gasteiger partial charge in [-0.15, -0.1) is 0 Å². The molecule has 0 saturated heterocycles. The van der Waals surface area contributed by atoms with E-state index in [0.29, 0.717) is 11.3 Å². The summed E-state index contributed by atoms with van der Waals surface area (Å²) in [7, 11) is 2.98. The molecule has 1 aromatic carbocycles. The van der Waals surface area contributed by atoms with Crippen LogP contribution in [0.25, 0.3) is 0 Å². The molecular formula is C15H16FNO3. The van der Waals surface area contributed by atoms with Crippen molar-refractivity contribution in [3.63, 3.8) is 0 Å². The lowest BCUT2D eigenvalue weighted by atomic mass is 10.0. The number of ether oxygens (including phenoxy) is 1. The van der Waals surface area contributed by atoms with E-state index in [1.54, 1.807) is 19.2 Å². The number of esters is 1. The van der Waals surface area contributed by atoms with Crippen LogP contribution >= 0.6 is 0 Å². The number of hydrogen-bond acceptors (Lipinski definition) is 4. The van der Waals surface area contributed by atoms with Crippen molar-refractivity contribution < 1.29 is 18.3 Å². The summed E-state index contributed by atoms with van der Waals surface area (Å²) in [6.07, 6.45) is 0. The smallest absolute Gasteiger partial charge is 0.373 e. The van der Waals surface area contributed by atoms with Gasteiger partial charge in [0.15, 0.2) is 0 Å². The van der Waals surface area contributed by atoms with Gasteiger partial charge in [0.2, 0.25) is 5.76 Å². The number of aryl methyl sites for hydroxylation is 1. The minimum atomic E-state index is -0.560. The summed E-state index contributed by atoms with van der Waals surface area (Å²) >= 11 is 0. The standard InChI is InChI=1S/C15H16FNO3/c1-9-4-5-10(11(16)8-9)14(17-2)12-6-7-13(20-12)15(18)19-3/h4-8,14,17H,1-3H3. The molecule has 5 heteroatoms. The Kier molecular flexibility index (Phi) is 4.20. The van der Waals surface area contributed by atoms with Crippen LogP contribution in [0.4, 0.5) is 4.39 Å². The summed E-state index contributed by atoms with van der Waals surface area (Å²) in [5.74, 6) is -0.332. The molecule has 0 bridgehead atoms. The zero-order valence-electron chi connectivity index (χ0n) is 11.6. The predicted octanol–water partition coefficient (Wildman–Crippen LogP) is 2.82. The first-order valence-corrected chi connectivity index (χ1v) is 6.18. The Bertz CT molecular complexity index is 621. The summed E-state index contributed by atoms with van der Waals surface area (Å²) in [6, 6.07) is 7.67. The van der Waals surface area contributed by atoms with E-state index < -0.39 is 12.0 Å². The first-order chi connectivity index (χ1) is 9.56. The number of hydrogen-bond donors (Lipinski definition) is 1. The fourth-order valence-electron chi connectivity index (χ4n) is 2.04. The molecule has 1 aromatic heterocycles. The van der Waals surface area contributed by atoms with E-state index in [1.807, 2.05) is 13.0 Å². The first kappa shape index (κ1) is 14.3. The maximum absolute atomic E-state index is 14.0. The Labute approximate surface area is 116 Å². The van der Waals surface area contributed by atoms with Gasteiger partial charge in [-0.25, -0.2) is 9.18 Å². The average Bonchev–Trinajstić information content (AvgIpc) is 2.90. The van der Waals surface area contributed by atoms with Crippen LogP contribution in [0.3, 0.4) is 0 Å². The van der Waals surface area contributed by atoms with Gasteiger partial charge in [-0.1, -0.05) is 12.1 Å². The number of methoxy groups -OCH3 is 1. The van der Waals surface area contributed by atoms with Crippen molar-refractivity contribution in [2.24, 2.45) is 0 Å². The highest BCUT2D eigenvalue weighted by molar-refractivity contribution is 5.86. The fraction of sp³-hybridized carbons (Fsp3) is 0.267. The van der Waals surface area contributed by atoms with Crippen LogP contribution in [0.5, 0.6) is 0 Å². The summed E-state index contributed by atoms with van der Waals surface area (Å²) in [5.41, 5.74) is 1.31. The minimum Gasteiger partial charge on any atom is -0.463 e. The van der Waals surface area contributed by atoms with Crippen molar-refractivity contribution in [1.82, 2.24) is 5.32 Å². The molecule has 1 atom stereocenters.